The quantitative estimate of drug-likeness (QED) is 0.0864. The lowest BCUT2D eigenvalue weighted by atomic mass is 9.79. The third kappa shape index (κ3) is 11.6. The van der Waals surface area contributed by atoms with Crippen molar-refractivity contribution in [3.63, 3.8) is 0 Å². The van der Waals surface area contributed by atoms with Crippen molar-refractivity contribution in [3.05, 3.63) is 303 Å². The van der Waals surface area contributed by atoms with Gasteiger partial charge >= 0.3 is 7.12 Å². The Labute approximate surface area is 594 Å². The van der Waals surface area contributed by atoms with Gasteiger partial charge in [0, 0.05) is 53.5 Å². The lowest BCUT2D eigenvalue weighted by molar-refractivity contribution is 0.00578. The van der Waals surface area contributed by atoms with Crippen LogP contribution in [0, 0.1) is 0 Å². The second kappa shape index (κ2) is 26.9. The summed E-state index contributed by atoms with van der Waals surface area (Å²) in [4.78, 5) is 6.55. The minimum atomic E-state index is -0.376. The highest BCUT2D eigenvalue weighted by Gasteiger charge is 2.51. The molecule has 5 heterocycles. The van der Waals surface area contributed by atoms with E-state index in [2.05, 4.69) is 390 Å². The van der Waals surface area contributed by atoms with Crippen LogP contribution >= 0.6 is 56.9 Å². The van der Waals surface area contributed by atoms with Crippen molar-refractivity contribution >= 4 is 135 Å². The fourth-order valence-corrected chi connectivity index (χ4v) is 14.9. The normalized spacial score (nSPS) is 13.4. The molecule has 470 valence electrons. The van der Waals surface area contributed by atoms with Crippen molar-refractivity contribution in [2.24, 2.45) is 0 Å². The van der Waals surface area contributed by atoms with Crippen molar-refractivity contribution in [1.29, 1.82) is 0 Å². The zero-order valence-corrected chi connectivity index (χ0v) is 58.9. The van der Waals surface area contributed by atoms with Crippen LogP contribution in [0.2, 0.25) is 0 Å². The van der Waals surface area contributed by atoms with Gasteiger partial charge in [0.25, 0.3) is 0 Å². The van der Waals surface area contributed by atoms with Gasteiger partial charge < -0.3 is 23.0 Å². The topological polar surface area (TPSA) is 33.2 Å². The number of halogens is 2. The Hall–Kier alpha value is -8.95. The molecule has 3 aromatic heterocycles. The Morgan fingerprint density at radius 2 is 0.594 bits per heavy atom. The molecule has 5 nitrogen and oxygen atoms in total. The van der Waals surface area contributed by atoms with Crippen LogP contribution < -0.4 is 5.46 Å². The Balaban J connectivity index is 0.000000160. The molecule has 2 aliphatic heterocycles. The van der Waals surface area contributed by atoms with Crippen molar-refractivity contribution in [2.45, 2.75) is 56.1 Å². The van der Waals surface area contributed by atoms with Crippen LogP contribution in [0.1, 0.15) is 35.1 Å². The van der Waals surface area contributed by atoms with Gasteiger partial charge in [-0.25, -0.2) is 0 Å². The molecule has 16 aromatic rings. The third-order valence-corrected chi connectivity index (χ3v) is 20.3. The number of benzene rings is 13. The van der Waals surface area contributed by atoms with Gasteiger partial charge in [-0.1, -0.05) is 265 Å². The van der Waals surface area contributed by atoms with Crippen LogP contribution in [-0.2, 0) is 9.31 Å². The summed E-state index contributed by atoms with van der Waals surface area (Å²) in [5, 5.41) is 7.58. The summed E-state index contributed by atoms with van der Waals surface area (Å²) in [6.07, 6.45) is 0. The van der Waals surface area contributed by atoms with Crippen LogP contribution in [0.15, 0.2) is 313 Å². The summed E-state index contributed by atoms with van der Waals surface area (Å²) in [5.41, 5.74) is 23.4. The number of nitrogens with zero attached hydrogens (tertiary/aromatic N) is 3. The Morgan fingerprint density at radius 3 is 0.979 bits per heavy atom. The molecular formula is C87H72BI2N3O2S. The molecule has 9 heteroatoms. The second-order valence-corrected chi connectivity index (χ2v) is 26.2. The minimum absolute atomic E-state index is 0. The van der Waals surface area contributed by atoms with Gasteiger partial charge in [0.2, 0.25) is 0 Å². The molecule has 0 N–H and O–H groups in total. The van der Waals surface area contributed by atoms with Crippen LogP contribution in [-0.4, -0.2) is 41.9 Å². The molecule has 0 radical (unpaired) electrons. The number of rotatable bonds is 8. The fourth-order valence-electron chi connectivity index (χ4n) is 13.8. The van der Waals surface area contributed by atoms with Gasteiger partial charge in [0.15, 0.2) is 0 Å². The first-order valence-electron chi connectivity index (χ1n) is 32.1. The minimum Gasteiger partial charge on any atom is -0.399 e. The number of para-hydroxylation sites is 2. The molecule has 96 heavy (non-hydrogen) atoms. The highest BCUT2D eigenvalue weighted by atomic mass is 127. The Morgan fingerprint density at radius 1 is 0.292 bits per heavy atom. The van der Waals surface area contributed by atoms with E-state index in [0.29, 0.717) is 0 Å². The summed E-state index contributed by atoms with van der Waals surface area (Å²) >= 11 is 6.17. The molecule has 13 aromatic carbocycles. The van der Waals surface area contributed by atoms with Gasteiger partial charge in [-0.2, -0.15) is 0 Å². The molecule has 1 fully saturated rings. The third-order valence-electron chi connectivity index (χ3n) is 19.2. The van der Waals surface area contributed by atoms with Crippen molar-refractivity contribution < 1.29 is 9.31 Å². The fraction of sp³-hybridized carbons (Fsp3) is 0.103. The van der Waals surface area contributed by atoms with E-state index in [1.807, 2.05) is 21.6 Å². The number of hydrogen-bond acceptors (Lipinski definition) is 3. The molecule has 0 atom stereocenters. The largest absolute Gasteiger partial charge is 0.494 e. The van der Waals surface area contributed by atoms with Gasteiger partial charge in [-0.15, -0.1) is 0 Å². The van der Waals surface area contributed by atoms with Crippen molar-refractivity contribution in [1.82, 2.24) is 13.7 Å². The van der Waals surface area contributed by atoms with Crippen LogP contribution in [0.5, 0.6) is 0 Å². The van der Waals surface area contributed by atoms with Crippen molar-refractivity contribution in [3.8, 4) is 72.7 Å². The second-order valence-electron chi connectivity index (χ2n) is 25.1. The van der Waals surface area contributed by atoms with Crippen LogP contribution in [0.4, 0.5) is 0 Å². The number of aromatic nitrogens is 3. The summed E-state index contributed by atoms with van der Waals surface area (Å²) in [6, 6.07) is 110. The summed E-state index contributed by atoms with van der Waals surface area (Å²) in [5.74, 6) is 0. The molecule has 0 unspecified atom stereocenters. The maximum Gasteiger partial charge on any atom is 0.494 e. The lowest BCUT2D eigenvalue weighted by Crippen LogP contribution is -2.41. The van der Waals surface area contributed by atoms with Gasteiger partial charge in [0.1, 0.15) is 0 Å². The smallest absolute Gasteiger partial charge is 0.399 e. The molecule has 0 bridgehead atoms. The van der Waals surface area contributed by atoms with Crippen molar-refractivity contribution in [2.75, 3.05) is 9.86 Å². The van der Waals surface area contributed by atoms with E-state index in [-0.39, 0.29) is 25.7 Å². The maximum atomic E-state index is 6.30. The molecule has 2 aliphatic rings. The molecule has 0 saturated carbocycles. The first kappa shape index (κ1) is 64.4. The van der Waals surface area contributed by atoms with Gasteiger partial charge in [0.05, 0.1) is 50.0 Å². The molecule has 0 spiro atoms. The van der Waals surface area contributed by atoms with E-state index in [4.69, 9.17) is 9.31 Å². The predicted molar refractivity (Wildman–Crippen MR) is 430 cm³/mol. The number of alkyl halides is 2. The zero-order chi connectivity index (χ0) is 65.0. The highest BCUT2D eigenvalue weighted by molar-refractivity contribution is 14.1. The molecule has 1 saturated heterocycles. The van der Waals surface area contributed by atoms with E-state index in [9.17, 15) is 0 Å². The van der Waals surface area contributed by atoms with E-state index in [1.54, 1.807) is 0 Å². The predicted octanol–water partition coefficient (Wildman–Crippen LogP) is 24.5. The number of hydrogen-bond donors (Lipinski definition) is 0. The maximum absolute atomic E-state index is 6.30. The van der Waals surface area contributed by atoms with Gasteiger partial charge in [-0.05, 0) is 202 Å². The summed E-state index contributed by atoms with van der Waals surface area (Å²) < 4.78 is 19.8. The average Bonchev–Trinajstić information content (AvgIpc) is 1.58. The first-order chi connectivity index (χ1) is 46.6. The standard InChI is InChI=1S/C48H30N2S.C36H32BNO2.2CH3I.CH4/c1-3-10-31(11-4-1)34-20-25-42-40(29-34)41-30-35(32-12-5-2-6-13-32)21-26-43(41)49(42)37-23-18-33(19-24-37)36-22-27-44-39(28-36)38-14-9-17-47-48(38)50(44)45-15-7-8-16-46(45)51-47;1-35(2)36(3,4)40-37(39-35)29-17-19-30(20-18-29)38-33-21-15-27(25-11-7-5-8-12-25)23-31(33)32-24-28(16-22-34(32)38)26-13-9-6-10-14-26;2*1-2;/h1-30H;5-24H,1-4H3;2*1H3;1H4. The average molecular weight is 1490 g/mol. The monoisotopic (exact) mass is 1490 g/mol. The van der Waals surface area contributed by atoms with Gasteiger partial charge in [-0.3, -0.25) is 0 Å². The Bertz CT molecular complexity index is 5290. The summed E-state index contributed by atoms with van der Waals surface area (Å²) in [7, 11) is -0.376. The van der Waals surface area contributed by atoms with E-state index in [0.717, 1.165) is 16.8 Å². The SMILES string of the molecule is C.CC1(C)OB(c2ccc(-n3c4ccc(-c5ccccc5)cc4c4cc(-c5ccccc5)ccc43)cc2)OC1(C)C.CI.CI.c1ccc(-c2ccc3c(c2)c2cc(-c4ccccc4)ccc2n3-c2ccc(-c3ccc4c(c3)c3cccc5c3n4-c3ccccc3S5)cc2)cc1. The molecule has 18 rings (SSSR count). The van der Waals surface area contributed by atoms with E-state index < -0.39 is 0 Å². The molecular weight excluding hydrogens is 1420 g/mol. The van der Waals surface area contributed by atoms with Crippen LogP contribution in [0.3, 0.4) is 0 Å². The zero-order valence-electron chi connectivity index (χ0n) is 53.8. The molecule has 0 amide bonds. The van der Waals surface area contributed by atoms with E-state index in [1.165, 1.54) is 137 Å². The molecule has 0 aliphatic carbocycles. The van der Waals surface area contributed by atoms with E-state index >= 15 is 0 Å². The number of fused-ring (bicyclic) bond motifs is 11. The highest BCUT2D eigenvalue weighted by Crippen LogP contribution is 2.48. The first-order valence-corrected chi connectivity index (χ1v) is 37.3. The van der Waals surface area contributed by atoms with Crippen LogP contribution in [0.25, 0.3) is 138 Å². The summed E-state index contributed by atoms with van der Waals surface area (Å²) in [6.45, 7) is 8.36. The Kier molecular flexibility index (Phi) is 18.1. The lowest BCUT2D eigenvalue weighted by Gasteiger charge is -2.32.